The van der Waals surface area contributed by atoms with E-state index in [0.717, 1.165) is 24.9 Å². The molecule has 2 saturated heterocycles. The quantitative estimate of drug-likeness (QED) is 0.801. The zero-order valence-corrected chi connectivity index (χ0v) is 16.6. The summed E-state index contributed by atoms with van der Waals surface area (Å²) in [6, 6.07) is 6.94. The van der Waals surface area contributed by atoms with Gasteiger partial charge in [-0.15, -0.1) is 0 Å². The average molecular weight is 387 g/mol. The number of carbonyl (C=O) groups is 2. The van der Waals surface area contributed by atoms with Gasteiger partial charge in [-0.05, 0) is 37.6 Å². The van der Waals surface area contributed by atoms with Crippen molar-refractivity contribution < 1.29 is 14.0 Å². The number of hydrogen-bond donors (Lipinski definition) is 0. The topological polar surface area (TPSA) is 43.9 Å². The highest BCUT2D eigenvalue weighted by molar-refractivity contribution is 5.89. The van der Waals surface area contributed by atoms with Crippen LogP contribution in [0.25, 0.3) is 0 Å². The maximum absolute atomic E-state index is 13.3. The van der Waals surface area contributed by atoms with Gasteiger partial charge in [0.15, 0.2) is 0 Å². The number of benzene rings is 1. The van der Waals surface area contributed by atoms with Gasteiger partial charge >= 0.3 is 0 Å². The molecule has 3 aliphatic rings. The lowest BCUT2D eigenvalue weighted by Gasteiger charge is -2.40. The van der Waals surface area contributed by atoms with Crippen molar-refractivity contribution in [1.29, 1.82) is 0 Å². The van der Waals surface area contributed by atoms with E-state index in [1.54, 1.807) is 12.1 Å². The Kier molecular flexibility index (Phi) is 5.67. The van der Waals surface area contributed by atoms with Gasteiger partial charge < -0.3 is 9.80 Å². The zero-order valence-electron chi connectivity index (χ0n) is 16.6. The summed E-state index contributed by atoms with van der Waals surface area (Å²) in [5, 5.41) is 0. The highest BCUT2D eigenvalue weighted by Gasteiger charge is 2.41. The average Bonchev–Trinajstić information content (AvgIpc) is 3.11. The third-order valence-corrected chi connectivity index (χ3v) is 6.74. The molecule has 6 heteroatoms. The molecule has 1 aromatic rings. The van der Waals surface area contributed by atoms with Crippen LogP contribution in [0.1, 0.15) is 50.1 Å². The summed E-state index contributed by atoms with van der Waals surface area (Å²) in [5.74, 6) is -0.213. The molecule has 4 rings (SSSR count). The third-order valence-electron chi connectivity index (χ3n) is 6.74. The van der Waals surface area contributed by atoms with E-state index in [9.17, 15) is 14.0 Å². The maximum atomic E-state index is 13.3. The van der Waals surface area contributed by atoms with E-state index in [1.807, 2.05) is 16.8 Å². The molecule has 2 unspecified atom stereocenters. The van der Waals surface area contributed by atoms with Crippen molar-refractivity contribution in [2.75, 3.05) is 33.2 Å². The molecule has 28 heavy (non-hydrogen) atoms. The normalized spacial score (nSPS) is 27.4. The summed E-state index contributed by atoms with van der Waals surface area (Å²) in [7, 11) is 2.04. The summed E-state index contributed by atoms with van der Waals surface area (Å²) in [6.07, 6.45) is 6.13. The molecule has 5 nitrogen and oxygen atoms in total. The summed E-state index contributed by atoms with van der Waals surface area (Å²) in [4.78, 5) is 31.8. The van der Waals surface area contributed by atoms with Gasteiger partial charge in [-0.1, -0.05) is 31.4 Å². The van der Waals surface area contributed by atoms with Crippen molar-refractivity contribution in [3.05, 3.63) is 35.6 Å². The van der Waals surface area contributed by atoms with Crippen molar-refractivity contribution in [2.45, 2.75) is 50.6 Å². The van der Waals surface area contributed by atoms with E-state index >= 15 is 0 Å². The van der Waals surface area contributed by atoms with Gasteiger partial charge in [-0.25, -0.2) is 4.39 Å². The summed E-state index contributed by atoms with van der Waals surface area (Å²) in [6.45, 7) is 2.63. The second-order valence-corrected chi connectivity index (χ2v) is 8.57. The lowest BCUT2D eigenvalue weighted by atomic mass is 9.94. The fourth-order valence-corrected chi connectivity index (χ4v) is 5.02. The Morgan fingerprint density at radius 3 is 2.46 bits per heavy atom. The van der Waals surface area contributed by atoms with E-state index in [2.05, 4.69) is 4.90 Å². The lowest BCUT2D eigenvalue weighted by Crippen LogP contribution is -2.51. The highest BCUT2D eigenvalue weighted by atomic mass is 19.1. The van der Waals surface area contributed by atoms with Crippen LogP contribution in [0.4, 0.5) is 4.39 Å². The molecule has 2 amide bonds. The summed E-state index contributed by atoms with van der Waals surface area (Å²) < 4.78 is 13.3. The number of carbonyl (C=O) groups excluding carboxylic acids is 2. The predicted octanol–water partition coefficient (Wildman–Crippen LogP) is 2.82. The minimum atomic E-state index is -0.248. The highest BCUT2D eigenvalue weighted by Crippen LogP contribution is 2.31. The number of likely N-dealkylation sites (tertiary alicyclic amines) is 1. The first kappa shape index (κ1) is 19.4. The number of nitrogens with zero attached hydrogens (tertiary/aromatic N) is 3. The van der Waals surface area contributed by atoms with E-state index in [0.29, 0.717) is 32.1 Å². The van der Waals surface area contributed by atoms with Crippen LogP contribution in [-0.2, 0) is 9.59 Å². The Balaban J connectivity index is 1.41. The van der Waals surface area contributed by atoms with Gasteiger partial charge in [0.05, 0.1) is 12.0 Å². The SMILES string of the molecule is CN1CCN(C(=O)C2CC(=O)N(C3CCCCC3)C2)CC1c1ccc(F)cc1. The Labute approximate surface area is 166 Å². The standard InChI is InChI=1S/C22H30FN3O2/c1-24-11-12-25(15-20(24)16-7-9-18(23)10-8-16)22(28)17-13-21(27)26(14-17)19-5-3-2-4-6-19/h7-10,17,19-20H,2-6,11-15H2,1H3. The molecule has 2 heterocycles. The molecule has 3 fully saturated rings. The van der Waals surface area contributed by atoms with Crippen molar-refractivity contribution in [3.63, 3.8) is 0 Å². The van der Waals surface area contributed by atoms with Crippen molar-refractivity contribution in [2.24, 2.45) is 5.92 Å². The molecule has 152 valence electrons. The molecule has 0 radical (unpaired) electrons. The second kappa shape index (κ2) is 8.19. The fourth-order valence-electron chi connectivity index (χ4n) is 5.02. The van der Waals surface area contributed by atoms with Crippen LogP contribution in [0.15, 0.2) is 24.3 Å². The minimum absolute atomic E-state index is 0.0600. The Bertz CT molecular complexity index is 717. The van der Waals surface area contributed by atoms with Gasteiger partial charge in [-0.2, -0.15) is 0 Å². The van der Waals surface area contributed by atoms with Crippen LogP contribution in [0, 0.1) is 11.7 Å². The van der Waals surface area contributed by atoms with E-state index in [4.69, 9.17) is 0 Å². The monoisotopic (exact) mass is 387 g/mol. The largest absolute Gasteiger partial charge is 0.339 e. The van der Waals surface area contributed by atoms with Gasteiger partial charge in [0.25, 0.3) is 0 Å². The van der Waals surface area contributed by atoms with Crippen LogP contribution >= 0.6 is 0 Å². The smallest absolute Gasteiger partial charge is 0.228 e. The molecule has 0 bridgehead atoms. The van der Waals surface area contributed by atoms with Gasteiger partial charge in [-0.3, -0.25) is 14.5 Å². The number of piperazine rings is 1. The van der Waals surface area contributed by atoms with E-state index < -0.39 is 0 Å². The molecule has 1 aromatic carbocycles. The van der Waals surface area contributed by atoms with E-state index in [-0.39, 0.29) is 29.6 Å². The van der Waals surface area contributed by atoms with E-state index in [1.165, 1.54) is 31.4 Å². The number of halogens is 1. The minimum Gasteiger partial charge on any atom is -0.339 e. The van der Waals surface area contributed by atoms with Gasteiger partial charge in [0.1, 0.15) is 5.82 Å². The van der Waals surface area contributed by atoms with Crippen LogP contribution < -0.4 is 0 Å². The molecular formula is C22H30FN3O2. The molecule has 0 spiro atoms. The lowest BCUT2D eigenvalue weighted by molar-refractivity contribution is -0.138. The number of hydrogen-bond acceptors (Lipinski definition) is 3. The first-order valence-electron chi connectivity index (χ1n) is 10.6. The van der Waals surface area contributed by atoms with Crippen LogP contribution in [0.5, 0.6) is 0 Å². The van der Waals surface area contributed by atoms with Crippen LogP contribution in [0.3, 0.4) is 0 Å². The van der Waals surface area contributed by atoms with Gasteiger partial charge in [0.2, 0.25) is 11.8 Å². The van der Waals surface area contributed by atoms with Crippen molar-refractivity contribution in [3.8, 4) is 0 Å². The van der Waals surface area contributed by atoms with Crippen molar-refractivity contribution in [1.82, 2.24) is 14.7 Å². The molecule has 2 aliphatic heterocycles. The predicted molar refractivity (Wildman–Crippen MR) is 105 cm³/mol. The molecular weight excluding hydrogens is 357 g/mol. The Morgan fingerprint density at radius 1 is 1.04 bits per heavy atom. The van der Waals surface area contributed by atoms with Gasteiger partial charge in [0, 0.05) is 38.6 Å². The summed E-state index contributed by atoms with van der Waals surface area (Å²) in [5.41, 5.74) is 1.02. The first-order valence-corrected chi connectivity index (χ1v) is 10.6. The first-order chi connectivity index (χ1) is 13.5. The molecule has 0 N–H and O–H groups in total. The fraction of sp³-hybridized carbons (Fsp3) is 0.636. The molecule has 1 saturated carbocycles. The molecule has 2 atom stereocenters. The second-order valence-electron chi connectivity index (χ2n) is 8.57. The zero-order chi connectivity index (χ0) is 19.7. The van der Waals surface area contributed by atoms with Crippen LogP contribution in [-0.4, -0.2) is 65.8 Å². The number of likely N-dealkylation sites (N-methyl/N-ethyl adjacent to an activating group) is 1. The Morgan fingerprint density at radius 2 is 1.75 bits per heavy atom. The Hall–Kier alpha value is -1.95. The third kappa shape index (κ3) is 3.93. The summed E-state index contributed by atoms with van der Waals surface area (Å²) >= 11 is 0. The van der Waals surface area contributed by atoms with Crippen molar-refractivity contribution >= 4 is 11.8 Å². The molecule has 1 aliphatic carbocycles. The molecule has 0 aromatic heterocycles. The maximum Gasteiger partial charge on any atom is 0.228 e. The van der Waals surface area contributed by atoms with Crippen LogP contribution in [0.2, 0.25) is 0 Å². The number of amides is 2. The number of rotatable bonds is 3.